The average molecular weight is 420 g/mol. The summed E-state index contributed by atoms with van der Waals surface area (Å²) < 4.78 is 33.8. The first-order chi connectivity index (χ1) is 13.7. The Morgan fingerprint density at radius 1 is 1.28 bits per heavy atom. The Balaban J connectivity index is 1.98. The number of benzene rings is 1. The molecule has 1 aliphatic rings. The molecule has 0 saturated carbocycles. The van der Waals surface area contributed by atoms with E-state index in [1.807, 2.05) is 0 Å². The van der Waals surface area contributed by atoms with Crippen molar-refractivity contribution in [2.24, 2.45) is 0 Å². The molecular weight excluding hydrogens is 394 g/mol. The van der Waals surface area contributed by atoms with Gasteiger partial charge >= 0.3 is 0 Å². The van der Waals surface area contributed by atoms with Crippen LogP contribution in [-0.4, -0.2) is 47.5 Å². The maximum Gasteiger partial charge on any atom is 0.268 e. The molecule has 2 N–H and O–H groups in total. The highest BCUT2D eigenvalue weighted by Gasteiger charge is 2.37. The van der Waals surface area contributed by atoms with Gasteiger partial charge in [0.15, 0.2) is 5.60 Å². The number of aliphatic hydroxyl groups excluding tert-OH is 1. The standard InChI is InChI=1S/C20H25N3O5S/c1-14(16-7-4-5-10-21-16)23(11-6-12-24)29(26,27)15-8-9-18-17(13-15)22-19(25)20(2,3)28-18/h4-5,7-10,13-14,24H,6,11-12H2,1-3H3,(H,22,25). The number of nitrogens with zero attached hydrogens (tertiary/aromatic N) is 2. The summed E-state index contributed by atoms with van der Waals surface area (Å²) in [6.07, 6.45) is 1.89. The zero-order valence-corrected chi connectivity index (χ0v) is 17.4. The van der Waals surface area contributed by atoms with E-state index in [9.17, 15) is 18.3 Å². The summed E-state index contributed by atoms with van der Waals surface area (Å²) in [6, 6.07) is 9.18. The second-order valence-electron chi connectivity index (χ2n) is 7.35. The van der Waals surface area contributed by atoms with Gasteiger partial charge in [0.1, 0.15) is 5.75 Å². The largest absolute Gasteiger partial charge is 0.476 e. The van der Waals surface area contributed by atoms with Crippen molar-refractivity contribution in [1.82, 2.24) is 9.29 Å². The molecule has 0 bridgehead atoms. The highest BCUT2D eigenvalue weighted by atomic mass is 32.2. The molecule has 1 atom stereocenters. The van der Waals surface area contributed by atoms with Gasteiger partial charge in [0.05, 0.1) is 22.3 Å². The summed E-state index contributed by atoms with van der Waals surface area (Å²) in [5, 5.41) is 11.9. The van der Waals surface area contributed by atoms with Gasteiger partial charge in [-0.3, -0.25) is 9.78 Å². The zero-order chi connectivity index (χ0) is 21.2. The summed E-state index contributed by atoms with van der Waals surface area (Å²) in [5.41, 5.74) is -0.123. The number of hydrogen-bond acceptors (Lipinski definition) is 6. The Bertz CT molecular complexity index is 992. The minimum Gasteiger partial charge on any atom is -0.476 e. The van der Waals surface area contributed by atoms with Crippen LogP contribution in [-0.2, 0) is 14.8 Å². The number of aromatic nitrogens is 1. The number of carbonyl (C=O) groups excluding carboxylic acids is 1. The van der Waals surface area contributed by atoms with E-state index >= 15 is 0 Å². The van der Waals surface area contributed by atoms with Crippen molar-refractivity contribution in [1.29, 1.82) is 0 Å². The highest BCUT2D eigenvalue weighted by molar-refractivity contribution is 7.89. The smallest absolute Gasteiger partial charge is 0.268 e. The summed E-state index contributed by atoms with van der Waals surface area (Å²) >= 11 is 0. The van der Waals surface area contributed by atoms with Crippen molar-refractivity contribution in [2.45, 2.75) is 43.7 Å². The molecule has 156 valence electrons. The second kappa shape index (κ2) is 8.10. The van der Waals surface area contributed by atoms with Crippen molar-refractivity contribution in [3.8, 4) is 5.75 Å². The molecule has 1 aromatic heterocycles. The molecule has 0 aliphatic carbocycles. The first-order valence-corrected chi connectivity index (χ1v) is 10.8. The zero-order valence-electron chi connectivity index (χ0n) is 16.6. The number of ether oxygens (including phenoxy) is 1. The first kappa shape index (κ1) is 21.2. The van der Waals surface area contributed by atoms with Crippen LogP contribution in [0.25, 0.3) is 0 Å². The van der Waals surface area contributed by atoms with E-state index in [0.29, 0.717) is 17.1 Å². The summed E-state index contributed by atoms with van der Waals surface area (Å²) in [4.78, 5) is 16.5. The van der Waals surface area contributed by atoms with Gasteiger partial charge in [0.2, 0.25) is 10.0 Å². The number of sulfonamides is 1. The molecule has 1 aliphatic heterocycles. The lowest BCUT2D eigenvalue weighted by atomic mass is 10.1. The van der Waals surface area contributed by atoms with Crippen molar-refractivity contribution in [3.63, 3.8) is 0 Å². The Labute approximate surface area is 170 Å². The second-order valence-corrected chi connectivity index (χ2v) is 9.24. The Morgan fingerprint density at radius 2 is 2.03 bits per heavy atom. The Kier molecular flexibility index (Phi) is 5.92. The SMILES string of the molecule is CC(c1ccccn1)N(CCCO)S(=O)(=O)c1ccc2c(c1)NC(=O)C(C)(C)O2. The van der Waals surface area contributed by atoms with Crippen molar-refractivity contribution >= 4 is 21.6 Å². The van der Waals surface area contributed by atoms with Crippen LogP contribution < -0.4 is 10.1 Å². The normalized spacial score (nSPS) is 16.7. The van der Waals surface area contributed by atoms with Gasteiger partial charge in [-0.15, -0.1) is 0 Å². The average Bonchev–Trinajstić information content (AvgIpc) is 2.69. The third-order valence-electron chi connectivity index (χ3n) is 4.80. The highest BCUT2D eigenvalue weighted by Crippen LogP contribution is 2.36. The van der Waals surface area contributed by atoms with E-state index in [4.69, 9.17) is 4.74 Å². The molecule has 0 fully saturated rings. The molecule has 0 saturated heterocycles. The lowest BCUT2D eigenvalue weighted by molar-refractivity contribution is -0.129. The summed E-state index contributed by atoms with van der Waals surface area (Å²) in [7, 11) is -3.93. The molecule has 8 nitrogen and oxygen atoms in total. The fraction of sp³-hybridized carbons (Fsp3) is 0.400. The molecule has 2 heterocycles. The van der Waals surface area contributed by atoms with Crippen molar-refractivity contribution < 1.29 is 23.1 Å². The number of anilines is 1. The van der Waals surface area contributed by atoms with E-state index in [2.05, 4.69) is 10.3 Å². The number of hydrogen-bond donors (Lipinski definition) is 2. The number of pyridine rings is 1. The topological polar surface area (TPSA) is 109 Å². The lowest BCUT2D eigenvalue weighted by Crippen LogP contribution is -2.45. The Morgan fingerprint density at radius 3 is 2.69 bits per heavy atom. The Hall–Kier alpha value is -2.49. The van der Waals surface area contributed by atoms with Gasteiger partial charge in [0.25, 0.3) is 5.91 Å². The van der Waals surface area contributed by atoms with Gasteiger partial charge in [-0.2, -0.15) is 4.31 Å². The fourth-order valence-corrected chi connectivity index (χ4v) is 4.78. The van der Waals surface area contributed by atoms with Crippen LogP contribution in [0.3, 0.4) is 0 Å². The minimum atomic E-state index is -3.93. The quantitative estimate of drug-likeness (QED) is 0.713. The number of carbonyl (C=O) groups is 1. The van der Waals surface area contributed by atoms with Crippen LogP contribution in [0.2, 0.25) is 0 Å². The van der Waals surface area contributed by atoms with E-state index in [-0.39, 0.29) is 30.4 Å². The molecule has 0 radical (unpaired) electrons. The molecule has 2 aromatic rings. The van der Waals surface area contributed by atoms with Gasteiger partial charge < -0.3 is 15.2 Å². The number of amides is 1. The molecule has 1 unspecified atom stereocenters. The van der Waals surface area contributed by atoms with E-state index in [1.165, 1.54) is 16.4 Å². The van der Waals surface area contributed by atoms with Gasteiger partial charge in [-0.05, 0) is 57.5 Å². The summed E-state index contributed by atoms with van der Waals surface area (Å²) in [5.74, 6) is 0.0618. The molecular formula is C20H25N3O5S. The number of aliphatic hydroxyl groups is 1. The van der Waals surface area contributed by atoms with Gasteiger partial charge in [0, 0.05) is 19.3 Å². The van der Waals surface area contributed by atoms with E-state index < -0.39 is 21.7 Å². The number of rotatable bonds is 7. The number of nitrogens with one attached hydrogen (secondary N) is 1. The third-order valence-corrected chi connectivity index (χ3v) is 6.77. The van der Waals surface area contributed by atoms with Crippen LogP contribution in [0, 0.1) is 0 Å². The van der Waals surface area contributed by atoms with Crippen LogP contribution >= 0.6 is 0 Å². The van der Waals surface area contributed by atoms with Crippen LogP contribution in [0.4, 0.5) is 5.69 Å². The maximum absolute atomic E-state index is 13.4. The van der Waals surface area contributed by atoms with Crippen molar-refractivity contribution in [2.75, 3.05) is 18.5 Å². The molecule has 1 amide bonds. The maximum atomic E-state index is 13.4. The predicted molar refractivity (Wildman–Crippen MR) is 108 cm³/mol. The molecule has 1 aromatic carbocycles. The molecule has 9 heteroatoms. The summed E-state index contributed by atoms with van der Waals surface area (Å²) in [6.45, 7) is 5.03. The predicted octanol–water partition coefficient (Wildman–Crippen LogP) is 2.33. The van der Waals surface area contributed by atoms with Crippen molar-refractivity contribution in [3.05, 3.63) is 48.3 Å². The van der Waals surface area contributed by atoms with Crippen LogP contribution in [0.1, 0.15) is 38.9 Å². The van der Waals surface area contributed by atoms with Crippen LogP contribution in [0.5, 0.6) is 5.75 Å². The van der Waals surface area contributed by atoms with E-state index in [1.54, 1.807) is 51.2 Å². The fourth-order valence-electron chi connectivity index (χ4n) is 3.10. The molecule has 3 rings (SSSR count). The monoisotopic (exact) mass is 419 g/mol. The first-order valence-electron chi connectivity index (χ1n) is 9.35. The third kappa shape index (κ3) is 4.26. The van der Waals surface area contributed by atoms with Crippen LogP contribution in [0.15, 0.2) is 47.5 Å². The number of fused-ring (bicyclic) bond motifs is 1. The van der Waals surface area contributed by atoms with E-state index in [0.717, 1.165) is 0 Å². The molecule has 29 heavy (non-hydrogen) atoms. The minimum absolute atomic E-state index is 0.0283. The molecule has 0 spiro atoms. The van der Waals surface area contributed by atoms with Gasteiger partial charge in [-0.1, -0.05) is 6.07 Å². The van der Waals surface area contributed by atoms with Gasteiger partial charge in [-0.25, -0.2) is 8.42 Å². The lowest BCUT2D eigenvalue weighted by Gasteiger charge is -2.32.